The van der Waals surface area contributed by atoms with Gasteiger partial charge in [-0.3, -0.25) is 0 Å². The van der Waals surface area contributed by atoms with Gasteiger partial charge in [0.15, 0.2) is 23.2 Å². The normalized spacial score (nSPS) is 25.6. The van der Waals surface area contributed by atoms with Crippen LogP contribution >= 0.6 is 0 Å². The molecule has 2 aliphatic rings. The molecule has 0 bridgehead atoms. The van der Waals surface area contributed by atoms with E-state index in [9.17, 15) is 8.78 Å². The highest BCUT2D eigenvalue weighted by Gasteiger charge is 2.30. The van der Waals surface area contributed by atoms with Crippen molar-refractivity contribution in [2.45, 2.75) is 69.3 Å². The molecule has 180 valence electrons. The van der Waals surface area contributed by atoms with Crippen LogP contribution in [0.5, 0.6) is 11.5 Å². The van der Waals surface area contributed by atoms with Gasteiger partial charge in [-0.15, -0.1) is 0 Å². The highest BCUT2D eigenvalue weighted by molar-refractivity contribution is 5.33. The van der Waals surface area contributed by atoms with E-state index in [1.807, 2.05) is 0 Å². The Kier molecular flexibility index (Phi) is 7.84. The largest absolute Gasteiger partial charge is 0.497 e. The lowest BCUT2D eigenvalue weighted by molar-refractivity contribution is 0.0655. The molecular weight excluding hydrogens is 429 g/mol. The van der Waals surface area contributed by atoms with E-state index < -0.39 is 17.5 Å². The number of benzene rings is 2. The van der Waals surface area contributed by atoms with E-state index in [0.717, 1.165) is 51.4 Å². The summed E-state index contributed by atoms with van der Waals surface area (Å²) in [5, 5.41) is 0. The molecule has 4 rings (SSSR count). The van der Waals surface area contributed by atoms with Crippen LogP contribution in [0.3, 0.4) is 0 Å². The van der Waals surface area contributed by atoms with Gasteiger partial charge in [0.2, 0.25) is 0 Å². The molecule has 33 heavy (non-hydrogen) atoms. The summed E-state index contributed by atoms with van der Waals surface area (Å²) >= 11 is 0. The van der Waals surface area contributed by atoms with Gasteiger partial charge in [0.1, 0.15) is 5.75 Å². The summed E-state index contributed by atoms with van der Waals surface area (Å²) in [7, 11) is 3.20. The summed E-state index contributed by atoms with van der Waals surface area (Å²) in [5.41, 5.74) is 0.997. The molecule has 6 heteroatoms. The highest BCUT2D eigenvalue weighted by atomic mass is 19.2. The summed E-state index contributed by atoms with van der Waals surface area (Å²) in [5.74, 6) is -0.806. The summed E-state index contributed by atoms with van der Waals surface area (Å²) in [6.45, 7) is 0.413. The van der Waals surface area contributed by atoms with Gasteiger partial charge in [0.25, 0.3) is 0 Å². The molecule has 2 aromatic carbocycles. The van der Waals surface area contributed by atoms with Gasteiger partial charge in [-0.1, -0.05) is 12.1 Å². The van der Waals surface area contributed by atoms with E-state index >= 15 is 4.39 Å². The van der Waals surface area contributed by atoms with Crippen LogP contribution in [0.1, 0.15) is 74.3 Å². The second kappa shape index (κ2) is 10.8. The Hall–Kier alpha value is -2.21. The smallest absolute Gasteiger partial charge is 0.168 e. The minimum absolute atomic E-state index is 0.00625. The van der Waals surface area contributed by atoms with Gasteiger partial charge in [-0.05, 0) is 92.4 Å². The van der Waals surface area contributed by atoms with Crippen LogP contribution in [0.15, 0.2) is 30.3 Å². The average Bonchev–Trinajstić information content (AvgIpc) is 2.85. The fraction of sp³-hybridized carbons (Fsp3) is 0.556. The number of halogens is 3. The van der Waals surface area contributed by atoms with Crippen molar-refractivity contribution in [2.24, 2.45) is 5.92 Å². The molecule has 0 atom stereocenters. The quantitative estimate of drug-likeness (QED) is 0.438. The maximum absolute atomic E-state index is 15.0. The van der Waals surface area contributed by atoms with Gasteiger partial charge in [0, 0.05) is 13.2 Å². The summed E-state index contributed by atoms with van der Waals surface area (Å²) in [6.07, 6.45) is 6.88. The maximum atomic E-state index is 15.0. The van der Waals surface area contributed by atoms with E-state index in [-0.39, 0.29) is 29.6 Å². The first-order chi connectivity index (χ1) is 16.0. The summed E-state index contributed by atoms with van der Waals surface area (Å²) in [6, 6.07) is 8.13. The van der Waals surface area contributed by atoms with Gasteiger partial charge in [-0.25, -0.2) is 13.2 Å². The van der Waals surface area contributed by atoms with Crippen LogP contribution in [0.25, 0.3) is 0 Å². The predicted molar refractivity (Wildman–Crippen MR) is 122 cm³/mol. The molecule has 0 heterocycles. The number of hydrogen-bond donors (Lipinski definition) is 0. The third-order valence-electron chi connectivity index (χ3n) is 7.49. The lowest BCUT2D eigenvalue weighted by atomic mass is 9.77. The third-order valence-corrected chi connectivity index (χ3v) is 7.49. The number of ether oxygens (including phenoxy) is 3. The minimum atomic E-state index is -0.679. The fourth-order valence-electron chi connectivity index (χ4n) is 5.39. The van der Waals surface area contributed by atoms with Crippen molar-refractivity contribution in [1.29, 1.82) is 0 Å². The molecule has 0 saturated heterocycles. The zero-order chi connectivity index (χ0) is 23.4. The Bertz CT molecular complexity index is 932. The van der Waals surface area contributed by atoms with E-state index in [1.165, 1.54) is 13.2 Å². The number of methoxy groups -OCH3 is 2. The molecule has 0 spiro atoms. The Morgan fingerprint density at radius 2 is 1.33 bits per heavy atom. The number of rotatable bonds is 7. The molecular formula is C27H33F3O3. The number of hydrogen-bond acceptors (Lipinski definition) is 3. The summed E-state index contributed by atoms with van der Waals surface area (Å²) < 4.78 is 60.2. The van der Waals surface area contributed by atoms with Crippen LogP contribution in [-0.4, -0.2) is 26.9 Å². The van der Waals surface area contributed by atoms with Crippen molar-refractivity contribution in [3.05, 3.63) is 58.9 Å². The van der Waals surface area contributed by atoms with E-state index in [2.05, 4.69) is 0 Å². The van der Waals surface area contributed by atoms with Gasteiger partial charge < -0.3 is 14.2 Å². The molecule has 2 saturated carbocycles. The van der Waals surface area contributed by atoms with Crippen LogP contribution in [0.4, 0.5) is 13.2 Å². The molecule has 0 amide bonds. The SMILES string of the molecule is COc1ccc(OCC2CCC(c3ccc(C4CCC(OC)CC4)c(F)c3F)CC2)c(F)c1. The predicted octanol–water partition coefficient (Wildman–Crippen LogP) is 7.14. The average molecular weight is 463 g/mol. The minimum Gasteiger partial charge on any atom is -0.497 e. The van der Waals surface area contributed by atoms with Crippen molar-refractivity contribution in [2.75, 3.05) is 20.8 Å². The molecule has 0 radical (unpaired) electrons. The molecule has 0 aliphatic heterocycles. The molecule has 0 N–H and O–H groups in total. The van der Waals surface area contributed by atoms with Crippen molar-refractivity contribution in [1.82, 2.24) is 0 Å². The van der Waals surface area contributed by atoms with Gasteiger partial charge >= 0.3 is 0 Å². The topological polar surface area (TPSA) is 27.7 Å². The van der Waals surface area contributed by atoms with Crippen LogP contribution < -0.4 is 9.47 Å². The monoisotopic (exact) mass is 462 g/mol. The molecule has 2 aromatic rings. The highest BCUT2D eigenvalue weighted by Crippen LogP contribution is 2.41. The molecule has 2 fully saturated rings. The second-order valence-corrected chi connectivity index (χ2v) is 9.41. The fourth-order valence-corrected chi connectivity index (χ4v) is 5.39. The third kappa shape index (κ3) is 5.48. The van der Waals surface area contributed by atoms with Crippen LogP contribution in [0.2, 0.25) is 0 Å². The first kappa shape index (κ1) is 23.9. The van der Waals surface area contributed by atoms with E-state index in [1.54, 1.807) is 31.4 Å². The molecule has 2 aliphatic carbocycles. The Labute approximate surface area is 194 Å². The van der Waals surface area contributed by atoms with Crippen molar-refractivity contribution in [3.63, 3.8) is 0 Å². The van der Waals surface area contributed by atoms with Crippen molar-refractivity contribution in [3.8, 4) is 11.5 Å². The molecule has 0 unspecified atom stereocenters. The summed E-state index contributed by atoms with van der Waals surface area (Å²) in [4.78, 5) is 0. The van der Waals surface area contributed by atoms with Gasteiger partial charge in [0.05, 0.1) is 19.8 Å². The zero-order valence-corrected chi connectivity index (χ0v) is 19.4. The zero-order valence-electron chi connectivity index (χ0n) is 19.4. The Balaban J connectivity index is 1.32. The van der Waals surface area contributed by atoms with Crippen LogP contribution in [-0.2, 0) is 4.74 Å². The molecule has 3 nitrogen and oxygen atoms in total. The molecule has 0 aromatic heterocycles. The van der Waals surface area contributed by atoms with Crippen LogP contribution in [0, 0.1) is 23.4 Å². The van der Waals surface area contributed by atoms with Crippen molar-refractivity contribution < 1.29 is 27.4 Å². The van der Waals surface area contributed by atoms with E-state index in [4.69, 9.17) is 14.2 Å². The lowest BCUT2D eigenvalue weighted by Crippen LogP contribution is -2.21. The lowest BCUT2D eigenvalue weighted by Gasteiger charge is -2.30. The maximum Gasteiger partial charge on any atom is 0.168 e. The van der Waals surface area contributed by atoms with E-state index in [0.29, 0.717) is 23.5 Å². The second-order valence-electron chi connectivity index (χ2n) is 9.41. The van der Waals surface area contributed by atoms with Crippen molar-refractivity contribution >= 4 is 0 Å². The Morgan fingerprint density at radius 3 is 1.85 bits per heavy atom. The standard InChI is InChI=1S/C27H33F3O3/c1-31-20-9-7-19(8-10-20)23-13-12-22(26(29)27(23)30)18-5-3-17(4-6-18)16-33-25-14-11-21(32-2)15-24(25)28/h11-15,17-20H,3-10,16H2,1-2H3. The van der Waals surface area contributed by atoms with Gasteiger partial charge in [-0.2, -0.15) is 0 Å². The Morgan fingerprint density at radius 1 is 0.758 bits per heavy atom. The first-order valence-corrected chi connectivity index (χ1v) is 12.0. The first-order valence-electron chi connectivity index (χ1n) is 12.0.